The van der Waals surface area contributed by atoms with Crippen molar-refractivity contribution in [2.75, 3.05) is 5.75 Å². The Balaban J connectivity index is 1.74. The van der Waals surface area contributed by atoms with Crippen LogP contribution in [0, 0.1) is 16.7 Å². The maximum Gasteiger partial charge on any atom is 0.186 e. The molecule has 2 spiro atoms. The van der Waals surface area contributed by atoms with Crippen molar-refractivity contribution in [1.29, 1.82) is 0 Å². The smallest absolute Gasteiger partial charge is 0.186 e. The van der Waals surface area contributed by atoms with Gasteiger partial charge in [-0.25, -0.2) is 8.93 Å². The van der Waals surface area contributed by atoms with E-state index in [0.717, 1.165) is 24.0 Å². The van der Waals surface area contributed by atoms with E-state index in [9.17, 15) is 14.1 Å². The molecule has 2 saturated carbocycles. The Morgan fingerprint density at radius 1 is 1.09 bits per heavy atom. The molecule has 3 fully saturated rings. The van der Waals surface area contributed by atoms with Gasteiger partial charge >= 0.3 is 0 Å². The second-order valence-corrected chi connectivity index (χ2v) is 13.6. The highest BCUT2D eigenvalue weighted by Gasteiger charge is 2.93. The van der Waals surface area contributed by atoms with E-state index in [-0.39, 0.29) is 17.1 Å². The summed E-state index contributed by atoms with van der Waals surface area (Å²) < 4.78 is 16.0. The molecule has 33 heavy (non-hydrogen) atoms. The van der Waals surface area contributed by atoms with Gasteiger partial charge in [0.15, 0.2) is 5.78 Å². The third-order valence-electron chi connectivity index (χ3n) is 9.23. The van der Waals surface area contributed by atoms with Crippen molar-refractivity contribution in [1.82, 2.24) is 4.72 Å². The van der Waals surface area contributed by atoms with Gasteiger partial charge in [-0.05, 0) is 29.4 Å². The van der Waals surface area contributed by atoms with E-state index in [2.05, 4.69) is 50.4 Å². The molecule has 4 nitrogen and oxygen atoms in total. The van der Waals surface area contributed by atoms with Crippen molar-refractivity contribution in [3.63, 3.8) is 0 Å². The molecule has 0 amide bonds. The molecule has 7 heteroatoms. The first-order valence-corrected chi connectivity index (χ1v) is 14.1. The van der Waals surface area contributed by atoms with Gasteiger partial charge in [-0.15, -0.1) is 0 Å². The third-order valence-corrected chi connectivity index (χ3v) is 12.9. The zero-order valence-electron chi connectivity index (χ0n) is 18.4. The molecule has 3 aliphatic carbocycles. The summed E-state index contributed by atoms with van der Waals surface area (Å²) in [5, 5.41) is 12.8. The maximum absolute atomic E-state index is 14.6. The molecule has 1 aliphatic heterocycles. The molecular weight excluding hydrogens is 566 g/mol. The average Bonchev–Trinajstić information content (AvgIpc) is 3.36. The van der Waals surface area contributed by atoms with Crippen molar-refractivity contribution < 1.29 is 14.1 Å². The molecule has 0 aromatic heterocycles. The number of carbonyl (C=O) groups excluding carboxylic acids is 1. The van der Waals surface area contributed by atoms with Crippen molar-refractivity contribution in [2.45, 2.75) is 42.2 Å². The van der Waals surface area contributed by atoms with Gasteiger partial charge in [-0.3, -0.25) is 4.79 Å². The summed E-state index contributed by atoms with van der Waals surface area (Å²) in [5.41, 5.74) is -1.28. The lowest BCUT2D eigenvalue weighted by Gasteiger charge is -2.54. The highest BCUT2D eigenvalue weighted by atomic mass is 79.9. The number of hydrogen-bond acceptors (Lipinski definition) is 3. The van der Waals surface area contributed by atoms with Crippen LogP contribution in [0.4, 0.5) is 0 Å². The molecule has 6 atom stereocenters. The van der Waals surface area contributed by atoms with E-state index in [0.29, 0.717) is 15.8 Å². The second-order valence-electron chi connectivity index (χ2n) is 10.4. The Labute approximate surface area is 213 Å². The van der Waals surface area contributed by atoms with Crippen molar-refractivity contribution in [2.24, 2.45) is 16.7 Å². The number of hydrogen-bond donors (Lipinski definition) is 2. The van der Waals surface area contributed by atoms with E-state index < -0.39 is 31.9 Å². The van der Waals surface area contributed by atoms with Crippen molar-refractivity contribution in [3.05, 3.63) is 76.3 Å². The van der Waals surface area contributed by atoms with Crippen LogP contribution in [0.2, 0.25) is 0 Å². The average molecular weight is 591 g/mol. The highest BCUT2D eigenvalue weighted by molar-refractivity contribution is 9.12. The minimum atomic E-state index is -1.39. The van der Waals surface area contributed by atoms with E-state index >= 15 is 0 Å². The van der Waals surface area contributed by atoms with Crippen LogP contribution < -0.4 is 4.72 Å². The molecule has 172 valence electrons. The van der Waals surface area contributed by atoms with Crippen LogP contribution in [0.5, 0.6) is 0 Å². The molecule has 6 rings (SSSR count). The maximum atomic E-state index is 14.6. The number of Topliss-reactive ketones (excluding diaryl/α,β-unsaturated/α-hetero) is 1. The predicted octanol–water partition coefficient (Wildman–Crippen LogP) is 5.00. The van der Waals surface area contributed by atoms with E-state index in [1.165, 1.54) is 0 Å². The fourth-order valence-electron chi connectivity index (χ4n) is 7.92. The lowest BCUT2D eigenvalue weighted by Crippen LogP contribution is -2.74. The number of rotatable bonds is 3. The summed E-state index contributed by atoms with van der Waals surface area (Å²) in [5.74, 6) is 0.186. The number of fused-ring (bicyclic) bond motifs is 2. The van der Waals surface area contributed by atoms with Crippen LogP contribution in [-0.4, -0.2) is 36.3 Å². The lowest BCUT2D eigenvalue weighted by atomic mass is 9.56. The normalized spacial score (nSPS) is 42.5. The predicted molar refractivity (Wildman–Crippen MR) is 137 cm³/mol. The first kappa shape index (κ1) is 22.4. The highest BCUT2D eigenvalue weighted by Crippen LogP contribution is 2.84. The summed E-state index contributed by atoms with van der Waals surface area (Å²) in [6.45, 7) is 4.35. The van der Waals surface area contributed by atoms with Gasteiger partial charge in [0.2, 0.25) is 0 Å². The monoisotopic (exact) mass is 589 g/mol. The van der Waals surface area contributed by atoms with E-state index in [4.69, 9.17) is 0 Å². The standard InChI is InChI=1S/C26H25Br2NO3S/c1-22(2)18-13-14-23(22)15-33(32)29-26(23)24(28,21(30)17-11-7-4-8-12-17)19(20(27)25(18,26)31)16-9-5-3-6-10-16/h3-12,18,29,31H,13-15H2,1-2H3/t18-,23-,24-,25-,26+,33?/m0/s1. The zero-order chi connectivity index (χ0) is 23.4. The first-order chi connectivity index (χ1) is 15.6. The Bertz CT molecular complexity index is 1250. The summed E-state index contributed by atoms with van der Waals surface area (Å²) in [4.78, 5) is 14.6. The second kappa shape index (κ2) is 6.76. The Hall–Kier alpha value is -1.12. The summed E-state index contributed by atoms with van der Waals surface area (Å²) in [6.07, 6.45) is 1.63. The van der Waals surface area contributed by atoms with E-state index in [1.807, 2.05) is 60.7 Å². The molecule has 2 bridgehead atoms. The third kappa shape index (κ3) is 2.17. The number of alkyl halides is 1. The van der Waals surface area contributed by atoms with Crippen molar-refractivity contribution in [3.8, 4) is 0 Å². The fourth-order valence-corrected chi connectivity index (χ4v) is 13.0. The summed E-state index contributed by atoms with van der Waals surface area (Å²) in [7, 11) is -1.38. The molecule has 2 aromatic carbocycles. The van der Waals surface area contributed by atoms with Gasteiger partial charge in [0.25, 0.3) is 0 Å². The molecule has 0 radical (unpaired) electrons. The van der Waals surface area contributed by atoms with Crippen LogP contribution in [0.15, 0.2) is 65.1 Å². The first-order valence-electron chi connectivity index (χ1n) is 11.2. The molecule has 1 heterocycles. The van der Waals surface area contributed by atoms with E-state index in [1.54, 1.807) is 0 Å². The Morgan fingerprint density at radius 2 is 1.70 bits per heavy atom. The molecule has 2 N–H and O–H groups in total. The SMILES string of the molecule is CC1(C)[C@@H]2CC[C@]13CS(=O)N[C@@]31[C@@](Br)(C(=O)c3ccccc3)C(c3ccccc3)=C(Br)[C@@]21O. The quantitative estimate of drug-likeness (QED) is 0.391. The van der Waals surface area contributed by atoms with Gasteiger partial charge in [-0.2, -0.15) is 0 Å². The number of benzene rings is 2. The fraction of sp³-hybridized carbons (Fsp3) is 0.423. The molecule has 1 saturated heterocycles. The number of aliphatic hydroxyl groups is 1. The number of ketones is 1. The van der Waals surface area contributed by atoms with Gasteiger partial charge in [0.05, 0.1) is 16.5 Å². The summed E-state index contributed by atoms with van der Waals surface area (Å²) >= 11 is 7.84. The van der Waals surface area contributed by atoms with Gasteiger partial charge in [0, 0.05) is 27.1 Å². The summed E-state index contributed by atoms with van der Waals surface area (Å²) in [6, 6.07) is 19.0. The van der Waals surface area contributed by atoms with Gasteiger partial charge in [0.1, 0.15) is 9.93 Å². The van der Waals surface area contributed by atoms with Gasteiger partial charge < -0.3 is 5.11 Å². The van der Waals surface area contributed by atoms with Crippen LogP contribution in [0.3, 0.4) is 0 Å². The minimum Gasteiger partial charge on any atom is -0.382 e. The van der Waals surface area contributed by atoms with Crippen LogP contribution in [0.1, 0.15) is 42.6 Å². The van der Waals surface area contributed by atoms with Crippen molar-refractivity contribution >= 4 is 54.2 Å². The topological polar surface area (TPSA) is 66.4 Å². The molecule has 2 aromatic rings. The Kier molecular flexibility index (Phi) is 4.58. The number of nitrogens with one attached hydrogen (secondary N) is 1. The minimum absolute atomic E-state index is 0.0918. The van der Waals surface area contributed by atoms with Crippen LogP contribution in [0.25, 0.3) is 5.57 Å². The molecule has 1 unspecified atom stereocenters. The number of carbonyl (C=O) groups is 1. The van der Waals surface area contributed by atoms with Gasteiger partial charge in [-0.1, -0.05) is 106 Å². The lowest BCUT2D eigenvalue weighted by molar-refractivity contribution is -0.0543. The largest absolute Gasteiger partial charge is 0.382 e. The molecule has 4 aliphatic rings. The Morgan fingerprint density at radius 3 is 2.33 bits per heavy atom. The van der Waals surface area contributed by atoms with Crippen LogP contribution >= 0.6 is 31.9 Å². The molecular formula is C26H25Br2NO3S. The zero-order valence-corrected chi connectivity index (χ0v) is 22.4. The van der Waals surface area contributed by atoms with Crippen LogP contribution in [-0.2, 0) is 11.0 Å². The number of halogens is 2.